The molecular weight excluding hydrogens is 346 g/mol. The van der Waals surface area contributed by atoms with Crippen LogP contribution in [0.15, 0.2) is 57.9 Å². The zero-order valence-electron chi connectivity index (χ0n) is 14.9. The third-order valence-electron chi connectivity index (χ3n) is 3.57. The van der Waals surface area contributed by atoms with Crippen LogP contribution in [0.1, 0.15) is 23.1 Å². The highest BCUT2D eigenvalue weighted by atomic mass is 16.4. The summed E-state index contributed by atoms with van der Waals surface area (Å²) in [6, 6.07) is 11.6. The van der Waals surface area contributed by atoms with Gasteiger partial charge < -0.3 is 20.4 Å². The van der Waals surface area contributed by atoms with Crippen molar-refractivity contribution in [2.24, 2.45) is 0 Å². The lowest BCUT2D eigenvalue weighted by Crippen LogP contribution is -2.12. The van der Waals surface area contributed by atoms with Gasteiger partial charge in [0.15, 0.2) is 0 Å². The van der Waals surface area contributed by atoms with Crippen molar-refractivity contribution >= 4 is 28.9 Å². The number of nitrogens with one attached hydrogen (secondary N) is 3. The topological polar surface area (TPSA) is 109 Å². The molecule has 8 heteroatoms. The molecule has 8 nitrogen and oxygen atoms in total. The Balaban J connectivity index is 1.67. The summed E-state index contributed by atoms with van der Waals surface area (Å²) in [7, 11) is 0. The second-order valence-corrected chi connectivity index (χ2v) is 5.72. The normalized spacial score (nSPS) is 10.3. The predicted octanol–water partition coefficient (Wildman–Crippen LogP) is 3.17. The molecule has 138 valence electrons. The summed E-state index contributed by atoms with van der Waals surface area (Å²) in [6.07, 6.45) is 1.13. The maximum Gasteiger partial charge on any atom is 0.335 e. The summed E-state index contributed by atoms with van der Waals surface area (Å²) in [5, 5.41) is 9.11. The SMILES string of the molecule is CCNc1cc(Nc2ccc(NC(=O)c3ccc(=O)oc3)cc2)nc(C)n1. The van der Waals surface area contributed by atoms with E-state index in [-0.39, 0.29) is 11.5 Å². The van der Waals surface area contributed by atoms with E-state index in [1.807, 2.05) is 32.0 Å². The van der Waals surface area contributed by atoms with Gasteiger partial charge in [0.2, 0.25) is 0 Å². The van der Waals surface area contributed by atoms with Crippen LogP contribution >= 0.6 is 0 Å². The van der Waals surface area contributed by atoms with Crippen LogP contribution in [0, 0.1) is 6.92 Å². The highest BCUT2D eigenvalue weighted by molar-refractivity contribution is 6.03. The van der Waals surface area contributed by atoms with E-state index in [0.29, 0.717) is 17.3 Å². The minimum absolute atomic E-state index is 0.268. The monoisotopic (exact) mass is 365 g/mol. The van der Waals surface area contributed by atoms with Crippen LogP contribution in [0.4, 0.5) is 23.0 Å². The Morgan fingerprint density at radius 2 is 1.74 bits per heavy atom. The first-order valence-corrected chi connectivity index (χ1v) is 8.40. The Hall–Kier alpha value is -3.68. The lowest BCUT2D eigenvalue weighted by atomic mass is 10.2. The quantitative estimate of drug-likeness (QED) is 0.615. The standard InChI is InChI=1S/C19H19N5O3/c1-3-20-16-10-17(22-12(2)21-16)23-14-5-7-15(8-6-14)24-19(26)13-4-9-18(25)27-11-13/h4-11H,3H2,1-2H3,(H,24,26)(H2,20,21,22,23). The molecule has 2 aromatic heterocycles. The van der Waals surface area contributed by atoms with Gasteiger partial charge in [-0.2, -0.15) is 0 Å². The van der Waals surface area contributed by atoms with Crippen LogP contribution in [0.25, 0.3) is 0 Å². The van der Waals surface area contributed by atoms with Crippen LogP contribution in [0.5, 0.6) is 0 Å². The number of hydrogen-bond donors (Lipinski definition) is 3. The first kappa shape index (κ1) is 18.1. The predicted molar refractivity (Wildman–Crippen MR) is 104 cm³/mol. The van der Waals surface area contributed by atoms with Gasteiger partial charge in [-0.25, -0.2) is 14.8 Å². The van der Waals surface area contributed by atoms with Crippen molar-refractivity contribution in [3.8, 4) is 0 Å². The van der Waals surface area contributed by atoms with Crippen molar-refractivity contribution in [2.75, 3.05) is 22.5 Å². The Kier molecular flexibility index (Phi) is 5.46. The van der Waals surface area contributed by atoms with Gasteiger partial charge in [-0.1, -0.05) is 0 Å². The van der Waals surface area contributed by atoms with Crippen molar-refractivity contribution in [2.45, 2.75) is 13.8 Å². The molecule has 0 radical (unpaired) electrons. The van der Waals surface area contributed by atoms with Gasteiger partial charge >= 0.3 is 5.63 Å². The number of amides is 1. The lowest BCUT2D eigenvalue weighted by Gasteiger charge is -2.10. The van der Waals surface area contributed by atoms with Gasteiger partial charge in [0.05, 0.1) is 5.56 Å². The molecule has 1 aromatic carbocycles. The molecule has 3 N–H and O–H groups in total. The number of anilines is 4. The zero-order chi connectivity index (χ0) is 19.2. The summed E-state index contributed by atoms with van der Waals surface area (Å²) in [5.74, 6) is 1.73. The fourth-order valence-corrected chi connectivity index (χ4v) is 2.38. The summed E-state index contributed by atoms with van der Waals surface area (Å²) >= 11 is 0. The Morgan fingerprint density at radius 1 is 1.04 bits per heavy atom. The number of rotatable bonds is 6. The van der Waals surface area contributed by atoms with E-state index in [0.717, 1.165) is 24.3 Å². The summed E-state index contributed by atoms with van der Waals surface area (Å²) in [4.78, 5) is 31.7. The smallest absolute Gasteiger partial charge is 0.335 e. The van der Waals surface area contributed by atoms with E-state index in [2.05, 4.69) is 25.9 Å². The molecule has 27 heavy (non-hydrogen) atoms. The molecule has 2 heterocycles. The first-order chi connectivity index (χ1) is 13.0. The van der Waals surface area contributed by atoms with E-state index in [1.165, 1.54) is 12.1 Å². The Morgan fingerprint density at radius 3 is 2.41 bits per heavy atom. The molecule has 0 aliphatic rings. The molecule has 0 aliphatic carbocycles. The minimum Gasteiger partial charge on any atom is -0.430 e. The largest absolute Gasteiger partial charge is 0.430 e. The number of hydrogen-bond acceptors (Lipinski definition) is 7. The molecular formula is C19H19N5O3. The van der Waals surface area contributed by atoms with Gasteiger partial charge in [0, 0.05) is 30.1 Å². The number of benzene rings is 1. The van der Waals surface area contributed by atoms with Gasteiger partial charge in [0.1, 0.15) is 23.7 Å². The van der Waals surface area contributed by atoms with Crippen molar-refractivity contribution in [1.82, 2.24) is 9.97 Å². The maximum absolute atomic E-state index is 12.1. The number of carbonyl (C=O) groups excluding carboxylic acids is 1. The van der Waals surface area contributed by atoms with E-state index in [1.54, 1.807) is 12.1 Å². The third kappa shape index (κ3) is 4.91. The van der Waals surface area contributed by atoms with Crippen LogP contribution in [-0.4, -0.2) is 22.4 Å². The molecule has 1 amide bonds. The third-order valence-corrected chi connectivity index (χ3v) is 3.57. The van der Waals surface area contributed by atoms with E-state index >= 15 is 0 Å². The molecule has 0 atom stereocenters. The molecule has 0 fully saturated rings. The zero-order valence-corrected chi connectivity index (χ0v) is 14.9. The van der Waals surface area contributed by atoms with Crippen LogP contribution in [0.3, 0.4) is 0 Å². The number of nitrogens with zero attached hydrogens (tertiary/aromatic N) is 2. The van der Waals surface area contributed by atoms with Gasteiger partial charge in [-0.3, -0.25) is 4.79 Å². The highest BCUT2D eigenvalue weighted by Crippen LogP contribution is 2.20. The molecule has 3 rings (SSSR count). The molecule has 0 unspecified atom stereocenters. The fraction of sp³-hybridized carbons (Fsp3) is 0.158. The van der Waals surface area contributed by atoms with Gasteiger partial charge in [-0.15, -0.1) is 0 Å². The van der Waals surface area contributed by atoms with Crippen molar-refractivity contribution in [1.29, 1.82) is 0 Å². The molecule has 0 saturated heterocycles. The van der Waals surface area contributed by atoms with Gasteiger partial charge in [0.25, 0.3) is 5.91 Å². The lowest BCUT2D eigenvalue weighted by molar-refractivity contribution is 0.102. The fourth-order valence-electron chi connectivity index (χ4n) is 2.38. The van der Waals surface area contributed by atoms with Crippen molar-refractivity contribution in [3.63, 3.8) is 0 Å². The Bertz CT molecular complexity index is 978. The number of carbonyl (C=O) groups is 1. The van der Waals surface area contributed by atoms with Crippen LogP contribution < -0.4 is 21.6 Å². The van der Waals surface area contributed by atoms with Crippen molar-refractivity contribution in [3.05, 3.63) is 70.5 Å². The molecule has 0 spiro atoms. The van der Waals surface area contributed by atoms with Crippen LogP contribution in [-0.2, 0) is 0 Å². The molecule has 0 saturated carbocycles. The van der Waals surface area contributed by atoms with Crippen molar-refractivity contribution < 1.29 is 9.21 Å². The maximum atomic E-state index is 12.1. The van der Waals surface area contributed by atoms with E-state index in [9.17, 15) is 9.59 Å². The summed E-state index contributed by atoms with van der Waals surface area (Å²) in [6.45, 7) is 4.60. The minimum atomic E-state index is -0.501. The van der Waals surface area contributed by atoms with Crippen LogP contribution in [0.2, 0.25) is 0 Å². The molecule has 0 bridgehead atoms. The molecule has 3 aromatic rings. The number of aromatic nitrogens is 2. The second-order valence-electron chi connectivity index (χ2n) is 5.72. The highest BCUT2D eigenvalue weighted by Gasteiger charge is 2.07. The average molecular weight is 365 g/mol. The van der Waals surface area contributed by atoms with E-state index in [4.69, 9.17) is 4.42 Å². The van der Waals surface area contributed by atoms with E-state index < -0.39 is 5.63 Å². The summed E-state index contributed by atoms with van der Waals surface area (Å²) in [5.41, 5.74) is 1.20. The second kappa shape index (κ2) is 8.13. The summed E-state index contributed by atoms with van der Waals surface area (Å²) < 4.78 is 4.70. The molecule has 0 aliphatic heterocycles. The number of aryl methyl sites for hydroxylation is 1. The average Bonchev–Trinajstić information content (AvgIpc) is 2.64. The first-order valence-electron chi connectivity index (χ1n) is 8.40. The van der Waals surface area contributed by atoms with Gasteiger partial charge in [-0.05, 0) is 44.2 Å². The Labute approximate surface area is 155 Å².